The summed E-state index contributed by atoms with van der Waals surface area (Å²) in [6, 6.07) is 20.7. The van der Waals surface area contributed by atoms with E-state index in [1.807, 2.05) is 30.3 Å². The monoisotopic (exact) mass is 464 g/mol. The van der Waals surface area contributed by atoms with Gasteiger partial charge in [0, 0.05) is 24.3 Å². The molecule has 0 saturated carbocycles. The summed E-state index contributed by atoms with van der Waals surface area (Å²) in [5, 5.41) is 11.1. The second-order valence-corrected chi connectivity index (χ2v) is 9.42. The van der Waals surface area contributed by atoms with Crippen molar-refractivity contribution in [3.8, 4) is 5.75 Å². The van der Waals surface area contributed by atoms with Crippen LogP contribution in [0.15, 0.2) is 87.9 Å². The van der Waals surface area contributed by atoms with E-state index in [1.165, 1.54) is 23.5 Å². The second-order valence-electron chi connectivity index (χ2n) is 7.51. The van der Waals surface area contributed by atoms with Crippen molar-refractivity contribution in [2.45, 2.75) is 17.7 Å². The van der Waals surface area contributed by atoms with Gasteiger partial charge in [0.1, 0.15) is 10.6 Å². The Morgan fingerprint density at radius 2 is 1.55 bits per heavy atom. The van der Waals surface area contributed by atoms with Crippen molar-refractivity contribution in [1.82, 2.24) is 4.31 Å². The van der Waals surface area contributed by atoms with Crippen molar-refractivity contribution in [1.29, 1.82) is 0 Å². The molecule has 1 amide bonds. The van der Waals surface area contributed by atoms with Crippen LogP contribution in [0.1, 0.15) is 23.2 Å². The average molecular weight is 465 g/mol. The Kier molecular flexibility index (Phi) is 6.81. The number of carbonyl (C=O) groups excluding carboxylic acids is 1. The number of methoxy groups -OCH3 is 1. The Balaban J connectivity index is 1.50. The number of hydrogen-bond donors (Lipinski definition) is 1. The Morgan fingerprint density at radius 1 is 0.909 bits per heavy atom. The zero-order valence-electron chi connectivity index (χ0n) is 18.1. The fraction of sp³-hybridized carbons (Fsp3) is 0.208. The van der Waals surface area contributed by atoms with Gasteiger partial charge < -0.3 is 10.1 Å². The van der Waals surface area contributed by atoms with E-state index < -0.39 is 15.9 Å². The Bertz CT molecular complexity index is 1250. The molecule has 0 atom stereocenters. The van der Waals surface area contributed by atoms with Crippen molar-refractivity contribution in [2.75, 3.05) is 25.5 Å². The van der Waals surface area contributed by atoms with Gasteiger partial charge in [-0.2, -0.15) is 14.5 Å². The summed E-state index contributed by atoms with van der Waals surface area (Å²) in [5.74, 6) is -0.208. The van der Waals surface area contributed by atoms with Gasteiger partial charge in [0.15, 0.2) is 0 Å². The van der Waals surface area contributed by atoms with Crippen LogP contribution in [0.5, 0.6) is 5.75 Å². The van der Waals surface area contributed by atoms with Gasteiger partial charge in [-0.25, -0.2) is 8.42 Å². The molecule has 0 unspecified atom stereocenters. The number of anilines is 1. The first-order valence-electron chi connectivity index (χ1n) is 10.5. The first-order valence-corrected chi connectivity index (χ1v) is 12.0. The zero-order chi connectivity index (χ0) is 23.3. The number of nitrogens with one attached hydrogen (secondary N) is 1. The van der Waals surface area contributed by atoms with Crippen molar-refractivity contribution in [3.63, 3.8) is 0 Å². The molecule has 1 aliphatic heterocycles. The molecule has 1 fully saturated rings. The molecule has 33 heavy (non-hydrogen) atoms. The minimum Gasteiger partial charge on any atom is -0.495 e. The number of benzene rings is 3. The van der Waals surface area contributed by atoms with E-state index in [4.69, 9.17) is 4.74 Å². The van der Waals surface area contributed by atoms with Gasteiger partial charge in [0.25, 0.3) is 5.91 Å². The van der Waals surface area contributed by atoms with Gasteiger partial charge in [0.2, 0.25) is 10.0 Å². The molecular weight excluding hydrogens is 440 g/mol. The summed E-state index contributed by atoms with van der Waals surface area (Å²) in [7, 11) is -2.33. The lowest BCUT2D eigenvalue weighted by Gasteiger charge is -2.18. The smallest absolute Gasteiger partial charge is 0.255 e. The van der Waals surface area contributed by atoms with Crippen LogP contribution in [0, 0.1) is 0 Å². The second kappa shape index (κ2) is 9.93. The lowest BCUT2D eigenvalue weighted by Crippen LogP contribution is -2.28. The third kappa shape index (κ3) is 5.27. The average Bonchev–Trinajstić information content (AvgIpc) is 3.40. The predicted octanol–water partition coefficient (Wildman–Crippen LogP) is 5.15. The molecule has 0 bridgehead atoms. The molecule has 0 aromatic heterocycles. The van der Waals surface area contributed by atoms with E-state index in [-0.39, 0.29) is 16.2 Å². The molecule has 8 nitrogen and oxygen atoms in total. The van der Waals surface area contributed by atoms with Crippen LogP contribution in [0.2, 0.25) is 0 Å². The highest BCUT2D eigenvalue weighted by Crippen LogP contribution is 2.30. The van der Waals surface area contributed by atoms with Crippen LogP contribution in [-0.4, -0.2) is 38.8 Å². The summed E-state index contributed by atoms with van der Waals surface area (Å²) < 4.78 is 32.8. The maximum Gasteiger partial charge on any atom is 0.255 e. The topological polar surface area (TPSA) is 100 Å². The highest BCUT2D eigenvalue weighted by molar-refractivity contribution is 7.89. The van der Waals surface area contributed by atoms with Crippen LogP contribution in [0.3, 0.4) is 0 Å². The van der Waals surface area contributed by atoms with E-state index in [2.05, 4.69) is 15.5 Å². The number of sulfonamides is 1. The van der Waals surface area contributed by atoms with Crippen molar-refractivity contribution in [2.24, 2.45) is 10.2 Å². The minimum atomic E-state index is -3.74. The molecule has 0 spiro atoms. The van der Waals surface area contributed by atoms with Crippen molar-refractivity contribution < 1.29 is 17.9 Å². The highest BCUT2D eigenvalue weighted by Gasteiger charge is 2.30. The summed E-state index contributed by atoms with van der Waals surface area (Å²) in [6.45, 7) is 0.936. The third-order valence-electron chi connectivity index (χ3n) is 5.27. The van der Waals surface area contributed by atoms with Gasteiger partial charge in [0.05, 0.1) is 18.5 Å². The number of nitrogens with zero attached hydrogens (tertiary/aromatic N) is 3. The molecule has 3 aromatic rings. The molecule has 4 rings (SSSR count). The fourth-order valence-electron chi connectivity index (χ4n) is 3.51. The van der Waals surface area contributed by atoms with E-state index >= 15 is 0 Å². The molecule has 1 aliphatic rings. The predicted molar refractivity (Wildman–Crippen MR) is 126 cm³/mol. The zero-order valence-corrected chi connectivity index (χ0v) is 19.0. The summed E-state index contributed by atoms with van der Waals surface area (Å²) in [6.07, 6.45) is 1.64. The number of rotatable bonds is 7. The molecule has 9 heteroatoms. The molecule has 3 aromatic carbocycles. The normalized spacial score (nSPS) is 14.5. The van der Waals surface area contributed by atoms with Crippen LogP contribution < -0.4 is 10.1 Å². The van der Waals surface area contributed by atoms with Gasteiger partial charge in [-0.15, -0.1) is 0 Å². The van der Waals surface area contributed by atoms with Crippen LogP contribution in [-0.2, 0) is 10.0 Å². The quantitative estimate of drug-likeness (QED) is 0.489. The Labute approximate surface area is 193 Å². The lowest BCUT2D eigenvalue weighted by atomic mass is 10.2. The van der Waals surface area contributed by atoms with Crippen molar-refractivity contribution in [3.05, 3.63) is 78.4 Å². The standard InChI is InChI=1S/C24H24N4O4S/c1-32-22-14-9-18(17-23(22)33(30,31)28-15-5-6-16-28)24(29)25-19-10-12-21(13-11-19)27-26-20-7-3-2-4-8-20/h2-4,7-14,17H,5-6,15-16H2,1H3,(H,25,29). The maximum atomic E-state index is 13.0. The number of azo groups is 1. The fourth-order valence-corrected chi connectivity index (χ4v) is 5.21. The van der Waals surface area contributed by atoms with E-state index in [0.717, 1.165) is 18.5 Å². The number of ether oxygens (including phenoxy) is 1. The molecule has 0 radical (unpaired) electrons. The first kappa shape index (κ1) is 22.6. The van der Waals surface area contributed by atoms with E-state index in [1.54, 1.807) is 30.3 Å². The number of carbonyl (C=O) groups is 1. The van der Waals surface area contributed by atoms with Gasteiger partial charge in [-0.05, 0) is 67.4 Å². The SMILES string of the molecule is COc1ccc(C(=O)Nc2ccc(N=Nc3ccccc3)cc2)cc1S(=O)(=O)N1CCCC1. The van der Waals surface area contributed by atoms with Crippen LogP contribution in [0.25, 0.3) is 0 Å². The molecule has 1 N–H and O–H groups in total. The largest absolute Gasteiger partial charge is 0.495 e. The third-order valence-corrected chi connectivity index (χ3v) is 7.19. The summed E-state index contributed by atoms with van der Waals surface area (Å²) >= 11 is 0. The Morgan fingerprint density at radius 3 is 2.18 bits per heavy atom. The summed E-state index contributed by atoms with van der Waals surface area (Å²) in [4.78, 5) is 12.8. The highest BCUT2D eigenvalue weighted by atomic mass is 32.2. The maximum absolute atomic E-state index is 13.0. The van der Waals surface area contributed by atoms with Crippen molar-refractivity contribution >= 4 is 33.0 Å². The Hall–Kier alpha value is -3.56. The van der Waals surface area contributed by atoms with Gasteiger partial charge in [-0.1, -0.05) is 18.2 Å². The lowest BCUT2D eigenvalue weighted by molar-refractivity contribution is 0.102. The van der Waals surface area contributed by atoms with E-state index in [9.17, 15) is 13.2 Å². The molecule has 0 aliphatic carbocycles. The van der Waals surface area contributed by atoms with Crippen LogP contribution in [0.4, 0.5) is 17.1 Å². The first-order chi connectivity index (χ1) is 16.0. The number of amides is 1. The minimum absolute atomic E-state index is 0.00350. The van der Waals surface area contributed by atoms with Gasteiger partial charge >= 0.3 is 0 Å². The summed E-state index contributed by atoms with van der Waals surface area (Å²) in [5.41, 5.74) is 2.16. The van der Waals surface area contributed by atoms with Crippen LogP contribution >= 0.6 is 0 Å². The molecule has 1 heterocycles. The van der Waals surface area contributed by atoms with Gasteiger partial charge in [-0.3, -0.25) is 4.79 Å². The number of hydrogen-bond acceptors (Lipinski definition) is 6. The molecule has 170 valence electrons. The van der Waals surface area contributed by atoms with E-state index in [0.29, 0.717) is 24.5 Å². The molecule has 1 saturated heterocycles. The molecular formula is C24H24N4O4S.